The lowest BCUT2D eigenvalue weighted by atomic mass is 10.1. The van der Waals surface area contributed by atoms with Gasteiger partial charge in [-0.1, -0.05) is 19.1 Å². The van der Waals surface area contributed by atoms with Gasteiger partial charge in [-0.05, 0) is 36.6 Å². The maximum Gasteiger partial charge on any atom is 0.246 e. The lowest BCUT2D eigenvalue weighted by Gasteiger charge is -2.09. The fraction of sp³-hybridized carbons (Fsp3) is 0.357. The van der Waals surface area contributed by atoms with E-state index in [2.05, 4.69) is 5.32 Å². The van der Waals surface area contributed by atoms with Crippen LogP contribution >= 0.6 is 0 Å². The van der Waals surface area contributed by atoms with Gasteiger partial charge in [-0.3, -0.25) is 4.79 Å². The summed E-state index contributed by atoms with van der Waals surface area (Å²) < 4.78 is 12.7. The maximum atomic E-state index is 12.7. The Morgan fingerprint density at radius 2 is 2.06 bits per heavy atom. The molecule has 0 heterocycles. The number of amides is 1. The number of rotatable bonds is 5. The molecule has 0 spiro atoms. The molecule has 0 aliphatic heterocycles. The zero-order valence-corrected chi connectivity index (χ0v) is 10.6. The van der Waals surface area contributed by atoms with E-state index in [-0.39, 0.29) is 24.2 Å². The van der Waals surface area contributed by atoms with Crippen LogP contribution in [0.25, 0.3) is 6.08 Å². The molecule has 18 heavy (non-hydrogen) atoms. The molecule has 0 saturated carbocycles. The first-order valence-corrected chi connectivity index (χ1v) is 5.86. The Morgan fingerprint density at radius 1 is 1.44 bits per heavy atom. The Hall–Kier alpha value is -1.68. The Labute approximate surface area is 106 Å². The Bertz CT molecular complexity index is 426. The molecule has 0 aromatic heterocycles. The van der Waals surface area contributed by atoms with Gasteiger partial charge in [-0.2, -0.15) is 0 Å². The third kappa shape index (κ3) is 4.67. The predicted octanol–water partition coefficient (Wildman–Crippen LogP) is 1.97. The van der Waals surface area contributed by atoms with Gasteiger partial charge in [0, 0.05) is 18.7 Å². The normalized spacial score (nSPS) is 13.2. The number of carbonyl (C=O) groups is 1. The summed E-state index contributed by atoms with van der Waals surface area (Å²) >= 11 is 0. The van der Waals surface area contributed by atoms with Crippen molar-refractivity contribution in [3.8, 4) is 0 Å². The molecule has 0 saturated heterocycles. The molecule has 98 valence electrons. The van der Waals surface area contributed by atoms with Crippen molar-refractivity contribution in [3.63, 3.8) is 0 Å². The van der Waals surface area contributed by atoms with E-state index in [1.165, 1.54) is 12.1 Å². The van der Waals surface area contributed by atoms with Crippen LogP contribution < -0.4 is 5.32 Å². The van der Waals surface area contributed by atoms with Gasteiger partial charge in [-0.15, -0.1) is 0 Å². The highest BCUT2D eigenvalue weighted by atomic mass is 19.1. The van der Waals surface area contributed by atoms with Crippen molar-refractivity contribution in [1.29, 1.82) is 0 Å². The van der Waals surface area contributed by atoms with E-state index < -0.39 is 0 Å². The number of halogens is 1. The topological polar surface area (TPSA) is 49.3 Å². The van der Waals surface area contributed by atoms with Crippen LogP contribution in [-0.4, -0.2) is 24.2 Å². The Kier molecular flexibility index (Phi) is 5.52. The summed E-state index contributed by atoms with van der Waals surface area (Å²) in [6.07, 6.45) is 1.69. The Morgan fingerprint density at radius 3 is 2.61 bits per heavy atom. The van der Waals surface area contributed by atoms with E-state index in [4.69, 9.17) is 5.11 Å². The van der Waals surface area contributed by atoms with Crippen molar-refractivity contribution in [2.45, 2.75) is 13.8 Å². The first-order chi connectivity index (χ1) is 8.52. The average Bonchev–Trinajstić information content (AvgIpc) is 2.38. The Balaban J connectivity index is 2.60. The minimum atomic E-state index is -0.300. The molecule has 2 N–H and O–H groups in total. The molecule has 1 amide bonds. The van der Waals surface area contributed by atoms with Crippen LogP contribution in [0.1, 0.15) is 19.4 Å². The number of hydrogen-bond acceptors (Lipinski definition) is 2. The first kappa shape index (κ1) is 14.4. The van der Waals surface area contributed by atoms with E-state index in [1.807, 2.05) is 6.92 Å². The number of carbonyl (C=O) groups excluding carboxylic acids is 1. The second-order valence-corrected chi connectivity index (χ2v) is 4.38. The summed E-state index contributed by atoms with van der Waals surface area (Å²) in [5, 5.41) is 11.6. The molecule has 4 heteroatoms. The molecule has 0 aliphatic carbocycles. The van der Waals surface area contributed by atoms with Crippen molar-refractivity contribution in [2.75, 3.05) is 13.2 Å². The van der Waals surface area contributed by atoms with Crippen molar-refractivity contribution in [2.24, 2.45) is 5.92 Å². The van der Waals surface area contributed by atoms with E-state index in [9.17, 15) is 9.18 Å². The molecular weight excluding hydrogens is 233 g/mol. The first-order valence-electron chi connectivity index (χ1n) is 5.86. The number of hydrogen-bond donors (Lipinski definition) is 2. The summed E-state index contributed by atoms with van der Waals surface area (Å²) in [5.41, 5.74) is 1.33. The smallest absolute Gasteiger partial charge is 0.246 e. The van der Waals surface area contributed by atoms with Gasteiger partial charge in [0.25, 0.3) is 0 Å². The van der Waals surface area contributed by atoms with E-state index >= 15 is 0 Å². The molecule has 1 aromatic carbocycles. The highest BCUT2D eigenvalue weighted by molar-refractivity contribution is 5.97. The van der Waals surface area contributed by atoms with Crippen molar-refractivity contribution >= 4 is 12.0 Å². The number of aliphatic hydroxyl groups excluding tert-OH is 1. The van der Waals surface area contributed by atoms with Gasteiger partial charge in [0.1, 0.15) is 5.82 Å². The maximum absolute atomic E-state index is 12.7. The second-order valence-electron chi connectivity index (χ2n) is 4.38. The standard InChI is InChI=1S/C14H18FNO2/c1-10(9-17)8-16-14(18)11(2)7-12-3-5-13(15)6-4-12/h3-7,10,17H,8-9H2,1-2H3,(H,16,18)/b11-7+. The summed E-state index contributed by atoms with van der Waals surface area (Å²) in [5.74, 6) is -0.446. The minimum Gasteiger partial charge on any atom is -0.396 e. The molecule has 0 bridgehead atoms. The van der Waals surface area contributed by atoms with Crippen LogP contribution in [0.3, 0.4) is 0 Å². The van der Waals surface area contributed by atoms with Gasteiger partial charge in [0.15, 0.2) is 0 Å². The van der Waals surface area contributed by atoms with Crippen molar-refractivity contribution in [3.05, 3.63) is 41.2 Å². The molecule has 1 unspecified atom stereocenters. The van der Waals surface area contributed by atoms with Gasteiger partial charge in [0.2, 0.25) is 5.91 Å². The zero-order chi connectivity index (χ0) is 13.5. The zero-order valence-electron chi connectivity index (χ0n) is 10.6. The van der Waals surface area contributed by atoms with Crippen LogP contribution in [0.5, 0.6) is 0 Å². The second kappa shape index (κ2) is 6.91. The lowest BCUT2D eigenvalue weighted by molar-refractivity contribution is -0.117. The van der Waals surface area contributed by atoms with Crippen molar-refractivity contribution in [1.82, 2.24) is 5.32 Å². The molecular formula is C14H18FNO2. The monoisotopic (exact) mass is 251 g/mol. The average molecular weight is 251 g/mol. The van der Waals surface area contributed by atoms with Crippen LogP contribution in [-0.2, 0) is 4.79 Å². The van der Waals surface area contributed by atoms with E-state index in [0.29, 0.717) is 12.1 Å². The van der Waals surface area contributed by atoms with Crippen LogP contribution in [0, 0.1) is 11.7 Å². The predicted molar refractivity (Wildman–Crippen MR) is 69.3 cm³/mol. The summed E-state index contributed by atoms with van der Waals surface area (Å²) in [6, 6.07) is 5.93. The molecule has 0 fully saturated rings. The van der Waals surface area contributed by atoms with Crippen molar-refractivity contribution < 1.29 is 14.3 Å². The lowest BCUT2D eigenvalue weighted by Crippen LogP contribution is -2.29. The SMILES string of the molecule is C/C(=C\c1ccc(F)cc1)C(=O)NCC(C)CO. The van der Waals surface area contributed by atoms with Gasteiger partial charge in [-0.25, -0.2) is 4.39 Å². The quantitative estimate of drug-likeness (QED) is 0.786. The molecule has 1 aromatic rings. The fourth-order valence-electron chi connectivity index (χ4n) is 1.35. The molecule has 0 radical (unpaired) electrons. The summed E-state index contributed by atoms with van der Waals surface area (Å²) in [4.78, 5) is 11.7. The molecule has 0 aliphatic rings. The summed E-state index contributed by atoms with van der Waals surface area (Å²) in [6.45, 7) is 4.02. The highest BCUT2D eigenvalue weighted by Crippen LogP contribution is 2.08. The van der Waals surface area contributed by atoms with E-state index in [1.54, 1.807) is 25.1 Å². The van der Waals surface area contributed by atoms with Crippen LogP contribution in [0.2, 0.25) is 0 Å². The highest BCUT2D eigenvalue weighted by Gasteiger charge is 2.06. The fourth-order valence-corrected chi connectivity index (χ4v) is 1.35. The van der Waals surface area contributed by atoms with Gasteiger partial charge < -0.3 is 10.4 Å². The molecule has 1 rings (SSSR count). The third-order valence-corrected chi connectivity index (χ3v) is 2.53. The third-order valence-electron chi connectivity index (χ3n) is 2.53. The van der Waals surface area contributed by atoms with Crippen LogP contribution in [0.4, 0.5) is 4.39 Å². The number of aliphatic hydroxyl groups is 1. The van der Waals surface area contributed by atoms with Gasteiger partial charge in [0.05, 0.1) is 0 Å². The molecule has 3 nitrogen and oxygen atoms in total. The summed E-state index contributed by atoms with van der Waals surface area (Å²) in [7, 11) is 0. The van der Waals surface area contributed by atoms with Gasteiger partial charge >= 0.3 is 0 Å². The number of nitrogens with one attached hydrogen (secondary N) is 1. The minimum absolute atomic E-state index is 0.0348. The largest absolute Gasteiger partial charge is 0.396 e. The number of benzene rings is 1. The molecule has 1 atom stereocenters. The van der Waals surface area contributed by atoms with Crippen LogP contribution in [0.15, 0.2) is 29.8 Å². The van der Waals surface area contributed by atoms with E-state index in [0.717, 1.165) is 5.56 Å².